The molecule has 0 aliphatic carbocycles. The Morgan fingerprint density at radius 1 is 1.14 bits per heavy atom. The number of allylic oxidation sites excluding steroid dienone is 1. The van der Waals surface area contributed by atoms with Crippen LogP contribution in [0.25, 0.3) is 0 Å². The summed E-state index contributed by atoms with van der Waals surface area (Å²) in [4.78, 5) is 53.8. The van der Waals surface area contributed by atoms with Gasteiger partial charge in [-0.2, -0.15) is 12.7 Å². The van der Waals surface area contributed by atoms with Gasteiger partial charge in [0.15, 0.2) is 0 Å². The highest BCUT2D eigenvalue weighted by Crippen LogP contribution is 2.22. The quantitative estimate of drug-likeness (QED) is 0.450. The van der Waals surface area contributed by atoms with Gasteiger partial charge in [0.05, 0.1) is 0 Å². The minimum atomic E-state index is -4.09. The minimum absolute atomic E-state index is 0.317. The molecule has 2 aliphatic rings. The first-order chi connectivity index (χ1) is 17.1. The van der Waals surface area contributed by atoms with Crippen molar-refractivity contribution in [3.05, 3.63) is 12.2 Å². The molecule has 1 saturated heterocycles. The highest BCUT2D eigenvalue weighted by Gasteiger charge is 2.42. The first-order valence-electron chi connectivity index (χ1n) is 12.6. The normalized spacial score (nSPS) is 26.2. The summed E-state index contributed by atoms with van der Waals surface area (Å²) >= 11 is 0. The average molecular weight is 544 g/mol. The lowest BCUT2D eigenvalue weighted by atomic mass is 9.98. The van der Waals surface area contributed by atoms with Crippen molar-refractivity contribution in [2.24, 2.45) is 0 Å². The summed E-state index contributed by atoms with van der Waals surface area (Å²) in [6.07, 6.45) is 6.58. The SMILES string of the molecule is CN(C)S(=O)(=O)NC(=O)C1(C)C=CCCCCCC(NC(=O)OC(C)(C)C)C(=O)N2CCCC2C(=O)N1. The van der Waals surface area contributed by atoms with Crippen molar-refractivity contribution in [2.75, 3.05) is 20.6 Å². The summed E-state index contributed by atoms with van der Waals surface area (Å²) < 4.78 is 32.7. The molecule has 0 saturated carbocycles. The zero-order chi connectivity index (χ0) is 28.0. The topological polar surface area (TPSA) is 154 Å². The summed E-state index contributed by atoms with van der Waals surface area (Å²) in [6.45, 7) is 6.92. The Morgan fingerprint density at radius 3 is 2.43 bits per heavy atom. The molecule has 1 fully saturated rings. The van der Waals surface area contributed by atoms with E-state index in [0.717, 1.165) is 17.1 Å². The van der Waals surface area contributed by atoms with Gasteiger partial charge >= 0.3 is 16.3 Å². The van der Waals surface area contributed by atoms with Crippen LogP contribution >= 0.6 is 0 Å². The minimum Gasteiger partial charge on any atom is -0.444 e. The Bertz CT molecular complexity index is 1010. The van der Waals surface area contributed by atoms with Crippen molar-refractivity contribution in [3.63, 3.8) is 0 Å². The predicted molar refractivity (Wildman–Crippen MR) is 137 cm³/mol. The van der Waals surface area contributed by atoms with Crippen molar-refractivity contribution in [1.29, 1.82) is 0 Å². The molecule has 0 aromatic carbocycles. The molecule has 37 heavy (non-hydrogen) atoms. The number of carbonyl (C=O) groups is 4. The van der Waals surface area contributed by atoms with E-state index in [1.54, 1.807) is 26.8 Å². The maximum Gasteiger partial charge on any atom is 0.408 e. The number of hydrogen-bond donors (Lipinski definition) is 3. The molecule has 2 heterocycles. The Kier molecular flexibility index (Phi) is 10.1. The number of nitrogens with one attached hydrogen (secondary N) is 3. The van der Waals surface area contributed by atoms with Crippen molar-refractivity contribution in [2.45, 2.75) is 95.9 Å². The summed E-state index contributed by atoms with van der Waals surface area (Å²) in [7, 11) is -1.53. The molecule has 3 N–H and O–H groups in total. The molecule has 0 aromatic heterocycles. The Labute approximate surface area is 219 Å². The number of nitrogens with zero attached hydrogens (tertiary/aromatic N) is 2. The van der Waals surface area contributed by atoms with Crippen molar-refractivity contribution in [3.8, 4) is 0 Å². The number of hydrogen-bond acceptors (Lipinski definition) is 7. The van der Waals surface area contributed by atoms with Crippen LogP contribution in [0.4, 0.5) is 4.79 Å². The number of fused-ring (bicyclic) bond motifs is 1. The Morgan fingerprint density at radius 2 is 1.81 bits per heavy atom. The fourth-order valence-corrected chi connectivity index (χ4v) is 4.77. The molecular weight excluding hydrogens is 502 g/mol. The summed E-state index contributed by atoms with van der Waals surface area (Å²) in [5.74, 6) is -1.89. The van der Waals surface area contributed by atoms with E-state index in [1.165, 1.54) is 32.0 Å². The van der Waals surface area contributed by atoms with Crippen LogP contribution in [0.1, 0.15) is 72.6 Å². The highest BCUT2D eigenvalue weighted by atomic mass is 32.2. The molecule has 3 unspecified atom stereocenters. The third-order valence-electron chi connectivity index (χ3n) is 6.20. The van der Waals surface area contributed by atoms with Gasteiger partial charge in [-0.1, -0.05) is 25.0 Å². The predicted octanol–water partition coefficient (Wildman–Crippen LogP) is 1.19. The molecular formula is C24H41N5O7S. The molecule has 210 valence electrons. The molecule has 13 heteroatoms. The average Bonchev–Trinajstić information content (AvgIpc) is 3.25. The van der Waals surface area contributed by atoms with E-state index in [0.29, 0.717) is 38.6 Å². The van der Waals surface area contributed by atoms with E-state index in [9.17, 15) is 27.6 Å². The fourth-order valence-electron chi connectivity index (χ4n) is 4.14. The zero-order valence-corrected chi connectivity index (χ0v) is 23.4. The second kappa shape index (κ2) is 12.2. The lowest BCUT2D eigenvalue weighted by molar-refractivity contribution is -0.141. The number of alkyl carbamates (subject to hydrolysis) is 1. The Hall–Kier alpha value is -2.67. The first kappa shape index (κ1) is 30.6. The van der Waals surface area contributed by atoms with Gasteiger partial charge in [0.1, 0.15) is 23.2 Å². The van der Waals surface area contributed by atoms with Crippen molar-refractivity contribution >= 4 is 34.0 Å². The number of carbonyl (C=O) groups excluding carboxylic acids is 4. The van der Waals surface area contributed by atoms with E-state index < -0.39 is 57.2 Å². The first-order valence-corrected chi connectivity index (χ1v) is 14.0. The van der Waals surface area contributed by atoms with Gasteiger partial charge in [-0.3, -0.25) is 14.4 Å². The summed E-state index contributed by atoms with van der Waals surface area (Å²) in [5, 5.41) is 5.33. The molecule has 0 spiro atoms. The third-order valence-corrected chi connectivity index (χ3v) is 7.60. The van der Waals surface area contributed by atoms with Crippen LogP contribution in [0.5, 0.6) is 0 Å². The lowest BCUT2D eigenvalue weighted by Gasteiger charge is -2.33. The van der Waals surface area contributed by atoms with Gasteiger partial charge in [0.25, 0.3) is 5.91 Å². The molecule has 4 amide bonds. The van der Waals surface area contributed by atoms with Crippen LogP contribution in [0.2, 0.25) is 0 Å². The summed E-state index contributed by atoms with van der Waals surface area (Å²) in [5.41, 5.74) is -2.40. The maximum atomic E-state index is 13.5. The molecule has 0 aromatic rings. The number of rotatable bonds is 4. The van der Waals surface area contributed by atoms with E-state index >= 15 is 0 Å². The van der Waals surface area contributed by atoms with Crippen LogP contribution in [0, 0.1) is 0 Å². The van der Waals surface area contributed by atoms with E-state index in [1.807, 2.05) is 4.72 Å². The molecule has 2 rings (SSSR count). The molecule has 2 aliphatic heterocycles. The largest absolute Gasteiger partial charge is 0.444 e. The van der Waals surface area contributed by atoms with Gasteiger partial charge in [0, 0.05) is 20.6 Å². The monoisotopic (exact) mass is 543 g/mol. The van der Waals surface area contributed by atoms with Crippen molar-refractivity contribution < 1.29 is 32.3 Å². The number of ether oxygens (including phenoxy) is 1. The van der Waals surface area contributed by atoms with Gasteiger partial charge in [-0.25, -0.2) is 9.52 Å². The zero-order valence-electron chi connectivity index (χ0n) is 22.6. The van der Waals surface area contributed by atoms with Crippen molar-refractivity contribution in [1.82, 2.24) is 24.6 Å². The highest BCUT2D eigenvalue weighted by molar-refractivity contribution is 7.87. The summed E-state index contributed by atoms with van der Waals surface area (Å²) in [6, 6.07) is -1.73. The standard InChI is InChI=1S/C24H41N5O7S/c1-23(2,3)36-22(33)25-17-13-10-8-7-9-11-15-24(4,21(32)27-37(34,35)28(5)6)26-19(30)18-14-12-16-29(18)20(17)31/h11,15,17-18H,7-10,12-14,16H2,1-6H3,(H,25,33)(H,26,30)(H,27,32). The van der Waals surface area contributed by atoms with Gasteiger partial charge < -0.3 is 20.3 Å². The van der Waals surface area contributed by atoms with Crippen LogP contribution in [-0.2, 0) is 29.3 Å². The van der Waals surface area contributed by atoms with E-state index in [-0.39, 0.29) is 0 Å². The van der Waals surface area contributed by atoms with Crippen LogP contribution < -0.4 is 15.4 Å². The lowest BCUT2D eigenvalue weighted by Crippen LogP contribution is -2.61. The second-order valence-electron chi connectivity index (χ2n) is 10.8. The van der Waals surface area contributed by atoms with Crippen LogP contribution in [0.3, 0.4) is 0 Å². The molecule has 0 radical (unpaired) electrons. The van der Waals surface area contributed by atoms with Gasteiger partial charge in [-0.15, -0.1) is 0 Å². The smallest absolute Gasteiger partial charge is 0.408 e. The van der Waals surface area contributed by atoms with Gasteiger partial charge in [0.2, 0.25) is 11.8 Å². The molecule has 12 nitrogen and oxygen atoms in total. The maximum absolute atomic E-state index is 13.5. The Balaban J connectivity index is 2.32. The molecule has 0 bridgehead atoms. The van der Waals surface area contributed by atoms with Crippen LogP contribution in [-0.4, -0.2) is 85.3 Å². The fraction of sp³-hybridized carbons (Fsp3) is 0.750. The van der Waals surface area contributed by atoms with E-state index in [4.69, 9.17) is 4.74 Å². The third kappa shape index (κ3) is 8.70. The van der Waals surface area contributed by atoms with Gasteiger partial charge in [-0.05, 0) is 59.8 Å². The number of amides is 4. The van der Waals surface area contributed by atoms with Crippen LogP contribution in [0.15, 0.2) is 12.2 Å². The molecule has 3 atom stereocenters. The second-order valence-corrected chi connectivity index (χ2v) is 12.7. The van der Waals surface area contributed by atoms with E-state index in [2.05, 4.69) is 10.6 Å².